The van der Waals surface area contributed by atoms with Gasteiger partial charge in [0.05, 0.1) is 0 Å². The number of nitrogens with one attached hydrogen (secondary N) is 1. The molecular weight excluding hydrogens is 222 g/mol. The van der Waals surface area contributed by atoms with Crippen molar-refractivity contribution in [1.82, 2.24) is 9.36 Å². The van der Waals surface area contributed by atoms with Crippen LogP contribution in [0.3, 0.4) is 0 Å². The van der Waals surface area contributed by atoms with Gasteiger partial charge in [-0.3, -0.25) is 0 Å². The lowest BCUT2D eigenvalue weighted by molar-refractivity contribution is -0.0588. The molecule has 1 aromatic rings. The largest absolute Gasteiger partial charge is 0.370 e. The maximum Gasteiger partial charge on any atom is 0.202 e. The molecular formula is C11H19N3OS. The van der Waals surface area contributed by atoms with Crippen LogP contribution in [0.1, 0.15) is 38.4 Å². The van der Waals surface area contributed by atoms with Crippen LogP contribution in [0.5, 0.6) is 0 Å². The molecule has 1 heterocycles. The first-order valence-corrected chi connectivity index (χ1v) is 6.54. The quantitative estimate of drug-likeness (QED) is 0.883. The number of nitrogens with zero attached hydrogens (tertiary/aromatic N) is 2. The number of hydrogen-bond donors (Lipinski definition) is 1. The summed E-state index contributed by atoms with van der Waals surface area (Å²) < 4.78 is 10.1. The molecule has 1 fully saturated rings. The van der Waals surface area contributed by atoms with E-state index in [4.69, 9.17) is 4.74 Å². The number of ether oxygens (including phenoxy) is 1. The van der Waals surface area contributed by atoms with Crippen molar-refractivity contribution in [3.8, 4) is 0 Å². The van der Waals surface area contributed by atoms with Gasteiger partial charge >= 0.3 is 0 Å². The van der Waals surface area contributed by atoms with Crippen LogP contribution in [-0.4, -0.2) is 23.5 Å². The molecule has 0 bridgehead atoms. The fraction of sp³-hybridized carbons (Fsp3) is 0.818. The molecule has 0 unspecified atom stereocenters. The highest BCUT2D eigenvalue weighted by Crippen LogP contribution is 2.41. The Bertz CT molecular complexity index is 345. The van der Waals surface area contributed by atoms with Crippen LogP contribution < -0.4 is 5.32 Å². The minimum Gasteiger partial charge on any atom is -0.370 e. The van der Waals surface area contributed by atoms with Crippen molar-refractivity contribution >= 4 is 16.7 Å². The lowest BCUT2D eigenvalue weighted by Gasteiger charge is -2.35. The second kappa shape index (κ2) is 4.67. The predicted molar refractivity (Wildman–Crippen MR) is 65.8 cm³/mol. The van der Waals surface area contributed by atoms with Crippen molar-refractivity contribution in [3.05, 3.63) is 5.82 Å². The van der Waals surface area contributed by atoms with Crippen molar-refractivity contribution in [2.45, 2.75) is 38.2 Å². The molecule has 0 spiro atoms. The first-order valence-electron chi connectivity index (χ1n) is 5.77. The van der Waals surface area contributed by atoms with E-state index in [1.165, 1.54) is 24.4 Å². The highest BCUT2D eigenvalue weighted by molar-refractivity contribution is 7.09. The Balaban J connectivity index is 2.20. The smallest absolute Gasteiger partial charge is 0.202 e. The molecule has 5 heteroatoms. The summed E-state index contributed by atoms with van der Waals surface area (Å²) in [5.41, 5.74) is -0.238. The average molecular weight is 241 g/mol. The Morgan fingerprint density at radius 3 is 2.62 bits per heavy atom. The van der Waals surface area contributed by atoms with E-state index < -0.39 is 0 Å². The van der Waals surface area contributed by atoms with Crippen LogP contribution >= 0.6 is 11.5 Å². The van der Waals surface area contributed by atoms with Crippen molar-refractivity contribution in [2.24, 2.45) is 5.92 Å². The van der Waals surface area contributed by atoms with Gasteiger partial charge in [0.2, 0.25) is 5.13 Å². The summed E-state index contributed by atoms with van der Waals surface area (Å²) in [7, 11) is 3.64. The molecule has 0 radical (unpaired) electrons. The topological polar surface area (TPSA) is 47.0 Å². The molecule has 0 aliphatic heterocycles. The van der Waals surface area contributed by atoms with Crippen LogP contribution in [0.25, 0.3) is 0 Å². The van der Waals surface area contributed by atoms with Crippen molar-refractivity contribution in [2.75, 3.05) is 19.5 Å². The fourth-order valence-electron chi connectivity index (χ4n) is 2.26. The highest BCUT2D eigenvalue weighted by atomic mass is 32.1. The Morgan fingerprint density at radius 1 is 1.44 bits per heavy atom. The lowest BCUT2D eigenvalue weighted by atomic mass is 9.79. The molecule has 4 nitrogen and oxygen atoms in total. The molecule has 16 heavy (non-hydrogen) atoms. The second-order valence-electron chi connectivity index (χ2n) is 4.55. The van der Waals surface area contributed by atoms with E-state index in [2.05, 4.69) is 21.6 Å². The zero-order valence-electron chi connectivity index (χ0n) is 10.1. The third kappa shape index (κ3) is 2.06. The molecule has 90 valence electrons. The SMILES string of the molecule is CNc1nc(C2(OC)CCC(C)CC2)ns1. The fourth-order valence-corrected chi connectivity index (χ4v) is 2.86. The minimum absolute atomic E-state index is 0.238. The maximum absolute atomic E-state index is 5.72. The maximum atomic E-state index is 5.72. The molecule has 1 aromatic heterocycles. The Hall–Kier alpha value is -0.680. The normalized spacial score (nSPS) is 30.3. The Kier molecular flexibility index (Phi) is 3.44. The summed E-state index contributed by atoms with van der Waals surface area (Å²) in [5.74, 6) is 1.65. The summed E-state index contributed by atoms with van der Waals surface area (Å²) in [6.07, 6.45) is 4.46. The van der Waals surface area contributed by atoms with Gasteiger partial charge in [-0.15, -0.1) is 0 Å². The second-order valence-corrected chi connectivity index (χ2v) is 5.31. The first kappa shape index (κ1) is 11.8. The molecule has 1 saturated carbocycles. The summed E-state index contributed by atoms with van der Waals surface area (Å²) >= 11 is 1.41. The van der Waals surface area contributed by atoms with Crippen LogP contribution in [0.2, 0.25) is 0 Å². The zero-order valence-corrected chi connectivity index (χ0v) is 10.9. The number of methoxy groups -OCH3 is 1. The first-order chi connectivity index (χ1) is 7.70. The van der Waals surface area contributed by atoms with E-state index in [1.54, 1.807) is 7.11 Å². The lowest BCUT2D eigenvalue weighted by Crippen LogP contribution is -2.34. The van der Waals surface area contributed by atoms with Gasteiger partial charge in [0.15, 0.2) is 5.82 Å². The summed E-state index contributed by atoms with van der Waals surface area (Å²) in [6, 6.07) is 0. The van der Waals surface area contributed by atoms with Crippen molar-refractivity contribution in [1.29, 1.82) is 0 Å². The third-order valence-corrected chi connectivity index (χ3v) is 4.25. The molecule has 0 amide bonds. The van der Waals surface area contributed by atoms with Crippen molar-refractivity contribution in [3.63, 3.8) is 0 Å². The van der Waals surface area contributed by atoms with Gasteiger partial charge in [-0.2, -0.15) is 4.37 Å². The summed E-state index contributed by atoms with van der Waals surface area (Å²) in [5, 5.41) is 3.89. The van der Waals surface area contributed by atoms with Gasteiger partial charge < -0.3 is 10.1 Å². The van der Waals surface area contributed by atoms with Crippen LogP contribution in [0, 0.1) is 5.92 Å². The number of hydrogen-bond acceptors (Lipinski definition) is 5. The molecule has 1 aliphatic carbocycles. The van der Waals surface area contributed by atoms with Gasteiger partial charge in [0.1, 0.15) is 5.60 Å². The van der Waals surface area contributed by atoms with Gasteiger partial charge in [-0.05, 0) is 31.6 Å². The number of anilines is 1. The van der Waals surface area contributed by atoms with Crippen molar-refractivity contribution < 1.29 is 4.74 Å². The average Bonchev–Trinajstić information content (AvgIpc) is 2.80. The Morgan fingerprint density at radius 2 is 2.12 bits per heavy atom. The monoisotopic (exact) mass is 241 g/mol. The molecule has 1 aliphatic rings. The predicted octanol–water partition coefficient (Wildman–Crippen LogP) is 2.63. The number of aromatic nitrogens is 2. The molecule has 0 atom stereocenters. The van der Waals surface area contributed by atoms with Crippen LogP contribution in [0.15, 0.2) is 0 Å². The molecule has 1 N–H and O–H groups in total. The minimum atomic E-state index is -0.238. The molecule has 0 saturated heterocycles. The summed E-state index contributed by atoms with van der Waals surface area (Å²) in [4.78, 5) is 4.49. The summed E-state index contributed by atoms with van der Waals surface area (Å²) in [6.45, 7) is 2.30. The highest BCUT2D eigenvalue weighted by Gasteiger charge is 2.39. The third-order valence-electron chi connectivity index (χ3n) is 3.52. The van der Waals surface area contributed by atoms with E-state index in [0.717, 1.165) is 29.7 Å². The van der Waals surface area contributed by atoms with Gasteiger partial charge in [0.25, 0.3) is 0 Å². The standard InChI is InChI=1S/C11H19N3OS/c1-8-4-6-11(15-3,7-5-8)9-13-10(12-2)16-14-9/h8H,4-7H2,1-3H3,(H,12,13,14). The van der Waals surface area contributed by atoms with E-state index in [0.29, 0.717) is 0 Å². The zero-order chi connectivity index (χ0) is 11.6. The van der Waals surface area contributed by atoms with E-state index in [-0.39, 0.29) is 5.60 Å². The van der Waals surface area contributed by atoms with Gasteiger partial charge in [-0.1, -0.05) is 6.92 Å². The van der Waals surface area contributed by atoms with Gasteiger partial charge in [-0.25, -0.2) is 4.98 Å². The molecule has 2 rings (SSSR count). The number of rotatable bonds is 3. The van der Waals surface area contributed by atoms with Crippen LogP contribution in [0.4, 0.5) is 5.13 Å². The molecule has 0 aromatic carbocycles. The van der Waals surface area contributed by atoms with E-state index in [9.17, 15) is 0 Å². The van der Waals surface area contributed by atoms with E-state index >= 15 is 0 Å². The van der Waals surface area contributed by atoms with Gasteiger partial charge in [0, 0.05) is 25.7 Å². The van der Waals surface area contributed by atoms with E-state index in [1.807, 2.05) is 7.05 Å². The Labute approximate surface area is 101 Å². The van der Waals surface area contributed by atoms with Crippen LogP contribution in [-0.2, 0) is 10.3 Å².